The third-order valence-electron chi connectivity index (χ3n) is 2.89. The molecule has 2 rings (SSSR count). The van der Waals surface area contributed by atoms with Crippen molar-refractivity contribution in [3.05, 3.63) is 22.7 Å². The number of methoxy groups -OCH3 is 1. The zero-order valence-electron chi connectivity index (χ0n) is 9.76. The van der Waals surface area contributed by atoms with Crippen molar-refractivity contribution in [1.29, 1.82) is 0 Å². The number of ether oxygens (including phenoxy) is 2. The maximum atomic E-state index is 11.6. The lowest BCUT2D eigenvalue weighted by atomic mass is 10.1. The van der Waals surface area contributed by atoms with E-state index in [1.807, 2.05) is 0 Å². The Morgan fingerprint density at radius 1 is 1.67 bits per heavy atom. The molecule has 1 fully saturated rings. The predicted molar refractivity (Wildman–Crippen MR) is 60.7 cm³/mol. The highest BCUT2D eigenvalue weighted by molar-refractivity contribution is 5.23. The average molecular weight is 257 g/mol. The van der Waals surface area contributed by atoms with Gasteiger partial charge in [0, 0.05) is 13.3 Å². The van der Waals surface area contributed by atoms with Crippen molar-refractivity contribution in [3.8, 4) is 0 Å². The molecule has 1 unspecified atom stereocenters. The molecular formula is C10H15N3O5. The van der Waals surface area contributed by atoms with Crippen LogP contribution in [-0.4, -0.2) is 51.8 Å². The summed E-state index contributed by atoms with van der Waals surface area (Å²) in [4.78, 5) is 15.2. The Hall–Kier alpha value is -1.48. The Labute approximate surface area is 103 Å². The fourth-order valence-corrected chi connectivity index (χ4v) is 2.01. The largest absolute Gasteiger partial charge is 0.394 e. The van der Waals surface area contributed by atoms with Crippen LogP contribution in [0, 0.1) is 0 Å². The van der Waals surface area contributed by atoms with Crippen molar-refractivity contribution in [2.45, 2.75) is 24.5 Å². The quantitative estimate of drug-likeness (QED) is 0.578. The van der Waals surface area contributed by atoms with Gasteiger partial charge in [-0.2, -0.15) is 4.98 Å². The first-order chi connectivity index (χ1) is 8.58. The fraction of sp³-hybridized carbons (Fsp3) is 0.600. The normalized spacial score (nSPS) is 31.7. The van der Waals surface area contributed by atoms with Crippen LogP contribution in [0.1, 0.15) is 6.23 Å². The second kappa shape index (κ2) is 5.02. The molecule has 1 aromatic heterocycles. The monoisotopic (exact) mass is 257 g/mol. The molecule has 1 aliphatic heterocycles. The molecule has 0 aliphatic carbocycles. The molecule has 4 atom stereocenters. The molecule has 0 spiro atoms. The van der Waals surface area contributed by atoms with Crippen molar-refractivity contribution in [3.63, 3.8) is 0 Å². The van der Waals surface area contributed by atoms with Crippen molar-refractivity contribution >= 4 is 5.82 Å². The molecule has 2 heterocycles. The number of nitrogens with two attached hydrogens (primary N) is 1. The Morgan fingerprint density at radius 3 is 2.89 bits per heavy atom. The van der Waals surface area contributed by atoms with Crippen LogP contribution in [0.25, 0.3) is 0 Å². The molecule has 8 nitrogen and oxygen atoms in total. The minimum absolute atomic E-state index is 0.0886. The van der Waals surface area contributed by atoms with Crippen LogP contribution in [0.15, 0.2) is 17.1 Å². The van der Waals surface area contributed by atoms with Gasteiger partial charge in [0.05, 0.1) is 6.61 Å². The number of aliphatic hydroxyl groups is 2. The Morgan fingerprint density at radius 2 is 2.39 bits per heavy atom. The molecule has 0 aromatic carbocycles. The lowest BCUT2D eigenvalue weighted by Gasteiger charge is -2.18. The molecule has 0 amide bonds. The Bertz CT molecular complexity index is 477. The molecule has 100 valence electrons. The van der Waals surface area contributed by atoms with E-state index in [2.05, 4.69) is 4.98 Å². The summed E-state index contributed by atoms with van der Waals surface area (Å²) in [6, 6.07) is 1.42. The standard InChI is InChI=1S/C10H15N3O5/c1-17-8-5(4-14)18-9(7(8)15)13-3-2-6(11)12-10(13)16/h2-3,5,7-9,14-15H,4H2,1H3,(H2,11,12,16)/t5-,7-,8-,9?/m1/s1. The number of nitrogens with zero attached hydrogens (tertiary/aromatic N) is 2. The summed E-state index contributed by atoms with van der Waals surface area (Å²) in [5, 5.41) is 19.1. The summed E-state index contributed by atoms with van der Waals surface area (Å²) in [5.74, 6) is 0.0886. The summed E-state index contributed by atoms with van der Waals surface area (Å²) >= 11 is 0. The Kier molecular flexibility index (Phi) is 3.62. The van der Waals surface area contributed by atoms with Crippen molar-refractivity contribution < 1.29 is 19.7 Å². The van der Waals surface area contributed by atoms with Gasteiger partial charge >= 0.3 is 5.69 Å². The third-order valence-corrected chi connectivity index (χ3v) is 2.89. The highest BCUT2D eigenvalue weighted by atomic mass is 16.6. The van der Waals surface area contributed by atoms with Crippen LogP contribution in [0.5, 0.6) is 0 Å². The molecule has 0 saturated carbocycles. The van der Waals surface area contributed by atoms with Gasteiger partial charge in [-0.1, -0.05) is 0 Å². The minimum Gasteiger partial charge on any atom is -0.394 e. The number of nitrogen functional groups attached to an aromatic ring is 1. The van der Waals surface area contributed by atoms with E-state index in [-0.39, 0.29) is 12.4 Å². The van der Waals surface area contributed by atoms with Crippen LogP contribution >= 0.6 is 0 Å². The van der Waals surface area contributed by atoms with E-state index in [1.54, 1.807) is 0 Å². The summed E-state index contributed by atoms with van der Waals surface area (Å²) in [5.41, 5.74) is 4.74. The minimum atomic E-state index is -1.07. The topological polar surface area (TPSA) is 120 Å². The first-order valence-corrected chi connectivity index (χ1v) is 5.40. The molecule has 1 aromatic rings. The maximum Gasteiger partial charge on any atom is 0.351 e. The number of aliphatic hydroxyl groups excluding tert-OH is 2. The van der Waals surface area contributed by atoms with Gasteiger partial charge in [0.2, 0.25) is 0 Å². The Balaban J connectivity index is 2.32. The number of hydrogen-bond acceptors (Lipinski definition) is 7. The zero-order valence-corrected chi connectivity index (χ0v) is 9.76. The van der Waals surface area contributed by atoms with E-state index in [9.17, 15) is 9.90 Å². The van der Waals surface area contributed by atoms with E-state index in [0.717, 1.165) is 4.57 Å². The second-order valence-corrected chi connectivity index (χ2v) is 3.98. The van der Waals surface area contributed by atoms with E-state index in [4.69, 9.17) is 20.3 Å². The second-order valence-electron chi connectivity index (χ2n) is 3.98. The van der Waals surface area contributed by atoms with Gasteiger partial charge in [-0.3, -0.25) is 4.57 Å². The van der Waals surface area contributed by atoms with Crippen LogP contribution < -0.4 is 11.4 Å². The van der Waals surface area contributed by atoms with E-state index in [1.165, 1.54) is 19.4 Å². The average Bonchev–Trinajstić information content (AvgIpc) is 2.66. The lowest BCUT2D eigenvalue weighted by molar-refractivity contribution is -0.0568. The third kappa shape index (κ3) is 2.10. The van der Waals surface area contributed by atoms with Crippen LogP contribution in [-0.2, 0) is 9.47 Å². The molecule has 1 saturated heterocycles. The van der Waals surface area contributed by atoms with Gasteiger partial charge in [-0.15, -0.1) is 0 Å². The molecule has 18 heavy (non-hydrogen) atoms. The number of rotatable bonds is 3. The number of aromatic nitrogens is 2. The van der Waals surface area contributed by atoms with E-state index < -0.39 is 30.2 Å². The fourth-order valence-electron chi connectivity index (χ4n) is 2.01. The summed E-state index contributed by atoms with van der Waals surface area (Å²) in [6.45, 7) is -0.316. The smallest absolute Gasteiger partial charge is 0.351 e. The first-order valence-electron chi connectivity index (χ1n) is 5.40. The van der Waals surface area contributed by atoms with E-state index in [0.29, 0.717) is 0 Å². The van der Waals surface area contributed by atoms with Gasteiger partial charge in [-0.05, 0) is 6.07 Å². The van der Waals surface area contributed by atoms with Gasteiger partial charge in [0.15, 0.2) is 6.23 Å². The lowest BCUT2D eigenvalue weighted by Crippen LogP contribution is -2.37. The van der Waals surface area contributed by atoms with Gasteiger partial charge in [0.25, 0.3) is 0 Å². The van der Waals surface area contributed by atoms with Crippen LogP contribution in [0.4, 0.5) is 5.82 Å². The predicted octanol–water partition coefficient (Wildman–Crippen LogP) is -1.91. The van der Waals surface area contributed by atoms with Crippen molar-refractivity contribution in [2.24, 2.45) is 0 Å². The van der Waals surface area contributed by atoms with E-state index >= 15 is 0 Å². The molecular weight excluding hydrogens is 242 g/mol. The highest BCUT2D eigenvalue weighted by Crippen LogP contribution is 2.29. The van der Waals surface area contributed by atoms with Gasteiger partial charge in [0.1, 0.15) is 24.1 Å². The molecule has 4 N–H and O–H groups in total. The van der Waals surface area contributed by atoms with Gasteiger partial charge in [-0.25, -0.2) is 4.79 Å². The highest BCUT2D eigenvalue weighted by Gasteiger charge is 2.45. The molecule has 8 heteroatoms. The molecule has 0 bridgehead atoms. The first kappa shape index (κ1) is 13.0. The summed E-state index contributed by atoms with van der Waals surface area (Å²) < 4.78 is 11.6. The molecule has 0 radical (unpaired) electrons. The zero-order chi connectivity index (χ0) is 13.3. The SMILES string of the molecule is CO[C@@H]1[C@@H](CO)OC(n2ccc(N)nc2=O)[C@@H]1O. The van der Waals surface area contributed by atoms with Crippen LogP contribution in [0.2, 0.25) is 0 Å². The van der Waals surface area contributed by atoms with Crippen molar-refractivity contribution in [1.82, 2.24) is 9.55 Å². The van der Waals surface area contributed by atoms with Crippen LogP contribution in [0.3, 0.4) is 0 Å². The molecule has 1 aliphatic rings. The van der Waals surface area contributed by atoms with Gasteiger partial charge < -0.3 is 25.4 Å². The summed E-state index contributed by atoms with van der Waals surface area (Å²) in [7, 11) is 1.40. The summed E-state index contributed by atoms with van der Waals surface area (Å²) in [6.07, 6.45) is -2.04. The van der Waals surface area contributed by atoms with Crippen molar-refractivity contribution in [2.75, 3.05) is 19.5 Å². The maximum absolute atomic E-state index is 11.6. The number of anilines is 1. The number of hydrogen-bond donors (Lipinski definition) is 3.